The number of hydrogen-bond acceptors (Lipinski definition) is 3. The van der Waals surface area contributed by atoms with E-state index in [0.29, 0.717) is 30.0 Å². The molecule has 0 aromatic carbocycles. The molecule has 0 amide bonds. The Balaban J connectivity index is 2.32. The summed E-state index contributed by atoms with van der Waals surface area (Å²) < 4.78 is 11.1. The summed E-state index contributed by atoms with van der Waals surface area (Å²) in [7, 11) is 3.45. The Morgan fingerprint density at radius 1 is 1.16 bits per heavy atom. The Hall–Kier alpha value is -0.670. The molecule has 0 unspecified atom stereocenters. The van der Waals surface area contributed by atoms with Crippen LogP contribution in [-0.2, 0) is 14.3 Å². The highest BCUT2D eigenvalue weighted by atomic mass is 16.7. The molecule has 0 N–H and O–H groups in total. The second kappa shape index (κ2) is 7.92. The van der Waals surface area contributed by atoms with Crippen LogP contribution in [0, 0.1) is 28.6 Å². The van der Waals surface area contributed by atoms with Crippen molar-refractivity contribution in [2.24, 2.45) is 28.6 Å². The van der Waals surface area contributed by atoms with Crippen molar-refractivity contribution in [1.82, 2.24) is 0 Å². The lowest BCUT2D eigenvalue weighted by Gasteiger charge is -2.56. The molecule has 0 heterocycles. The van der Waals surface area contributed by atoms with Crippen molar-refractivity contribution in [3.63, 3.8) is 0 Å². The highest BCUT2D eigenvalue weighted by molar-refractivity contribution is 5.75. The number of ether oxygens (including phenoxy) is 2. The second-order valence-electron chi connectivity index (χ2n) is 9.19. The monoisotopic (exact) mass is 350 g/mol. The van der Waals surface area contributed by atoms with Gasteiger partial charge in [0.25, 0.3) is 0 Å². The quantitative estimate of drug-likeness (QED) is 0.435. The number of carbonyl (C=O) groups excluding carboxylic acids is 1. The fraction of sp³-hybridized carbons (Fsp3) is 0.864. The van der Waals surface area contributed by atoms with Crippen LogP contribution in [0.25, 0.3) is 0 Å². The summed E-state index contributed by atoms with van der Waals surface area (Å²) in [5.41, 5.74) is 1.79. The van der Waals surface area contributed by atoms with Gasteiger partial charge in [-0.1, -0.05) is 26.0 Å². The second-order valence-corrected chi connectivity index (χ2v) is 9.19. The topological polar surface area (TPSA) is 35.5 Å². The highest BCUT2D eigenvalue weighted by Gasteiger charge is 2.57. The molecule has 3 heteroatoms. The van der Waals surface area contributed by atoms with Crippen molar-refractivity contribution in [3.05, 3.63) is 12.2 Å². The maximum atomic E-state index is 11.7. The van der Waals surface area contributed by atoms with E-state index in [9.17, 15) is 4.79 Å². The van der Waals surface area contributed by atoms with Crippen molar-refractivity contribution in [2.45, 2.75) is 78.9 Å². The van der Waals surface area contributed by atoms with E-state index in [1.807, 2.05) is 0 Å². The number of rotatable bonds is 8. The van der Waals surface area contributed by atoms with Gasteiger partial charge in [0.05, 0.1) is 0 Å². The van der Waals surface area contributed by atoms with E-state index in [1.54, 1.807) is 21.1 Å². The van der Waals surface area contributed by atoms with Crippen LogP contribution in [0.5, 0.6) is 0 Å². The zero-order valence-electron chi connectivity index (χ0n) is 17.2. The first-order valence-corrected chi connectivity index (χ1v) is 9.88. The molecule has 2 aliphatic rings. The molecule has 0 aliphatic heterocycles. The van der Waals surface area contributed by atoms with E-state index in [0.717, 1.165) is 12.8 Å². The van der Waals surface area contributed by atoms with Crippen LogP contribution in [0.1, 0.15) is 72.6 Å². The SMILES string of the molecule is C=C(C)[C@@H]1CC[C@]2(C)[C@@H]1CC[C@](C)(CC(OC)OC)[C@H]2CCC(C)=O. The van der Waals surface area contributed by atoms with Gasteiger partial charge in [-0.3, -0.25) is 0 Å². The Bertz CT molecular complexity index is 496. The van der Waals surface area contributed by atoms with Gasteiger partial charge in [0.1, 0.15) is 5.78 Å². The van der Waals surface area contributed by atoms with E-state index in [1.165, 1.54) is 31.3 Å². The third-order valence-corrected chi connectivity index (χ3v) is 7.57. The van der Waals surface area contributed by atoms with E-state index in [-0.39, 0.29) is 17.1 Å². The predicted molar refractivity (Wildman–Crippen MR) is 102 cm³/mol. The van der Waals surface area contributed by atoms with Gasteiger partial charge in [-0.15, -0.1) is 0 Å². The minimum Gasteiger partial charge on any atom is -0.356 e. The molecule has 2 aliphatic carbocycles. The molecule has 25 heavy (non-hydrogen) atoms. The highest BCUT2D eigenvalue weighted by Crippen LogP contribution is 2.65. The van der Waals surface area contributed by atoms with Gasteiger partial charge in [-0.25, -0.2) is 0 Å². The largest absolute Gasteiger partial charge is 0.356 e. The average Bonchev–Trinajstić information content (AvgIpc) is 2.88. The number of methoxy groups -OCH3 is 2. The summed E-state index contributed by atoms with van der Waals surface area (Å²) in [5.74, 6) is 2.19. The van der Waals surface area contributed by atoms with Gasteiger partial charge in [-0.2, -0.15) is 0 Å². The average molecular weight is 351 g/mol. The number of carbonyl (C=O) groups is 1. The van der Waals surface area contributed by atoms with E-state index < -0.39 is 0 Å². The van der Waals surface area contributed by atoms with Gasteiger partial charge in [0, 0.05) is 27.1 Å². The van der Waals surface area contributed by atoms with Crippen molar-refractivity contribution < 1.29 is 14.3 Å². The molecule has 0 radical (unpaired) electrons. The van der Waals surface area contributed by atoms with Crippen molar-refractivity contribution in [2.75, 3.05) is 14.2 Å². The summed E-state index contributed by atoms with van der Waals surface area (Å²) in [6.07, 6.45) is 7.35. The van der Waals surface area contributed by atoms with Gasteiger partial charge < -0.3 is 14.3 Å². The van der Waals surface area contributed by atoms with Gasteiger partial charge in [0.2, 0.25) is 0 Å². The lowest BCUT2D eigenvalue weighted by molar-refractivity contribution is -0.155. The number of fused-ring (bicyclic) bond motifs is 1. The molecule has 2 saturated carbocycles. The van der Waals surface area contributed by atoms with Crippen molar-refractivity contribution in [1.29, 1.82) is 0 Å². The van der Waals surface area contributed by atoms with Crippen LogP contribution in [0.3, 0.4) is 0 Å². The van der Waals surface area contributed by atoms with Gasteiger partial charge in [-0.05, 0) is 74.5 Å². The summed E-state index contributed by atoms with van der Waals surface area (Å²) in [4.78, 5) is 11.7. The maximum Gasteiger partial charge on any atom is 0.157 e. The number of hydrogen-bond donors (Lipinski definition) is 0. The van der Waals surface area contributed by atoms with Crippen LogP contribution in [0.4, 0.5) is 0 Å². The van der Waals surface area contributed by atoms with E-state index in [2.05, 4.69) is 27.4 Å². The molecule has 2 fully saturated rings. The summed E-state index contributed by atoms with van der Waals surface area (Å²) in [6, 6.07) is 0. The molecule has 0 bridgehead atoms. The predicted octanol–water partition coefficient (Wildman–Crippen LogP) is 5.39. The fourth-order valence-electron chi connectivity index (χ4n) is 6.24. The molecule has 2 rings (SSSR count). The Morgan fingerprint density at radius 3 is 2.32 bits per heavy atom. The summed E-state index contributed by atoms with van der Waals surface area (Å²) in [6.45, 7) is 13.1. The van der Waals surface area contributed by atoms with Crippen molar-refractivity contribution in [3.8, 4) is 0 Å². The minimum absolute atomic E-state index is 0.154. The molecule has 144 valence electrons. The first-order chi connectivity index (χ1) is 11.7. The van der Waals surface area contributed by atoms with Crippen LogP contribution in [-0.4, -0.2) is 26.3 Å². The van der Waals surface area contributed by atoms with Crippen molar-refractivity contribution >= 4 is 5.78 Å². The maximum absolute atomic E-state index is 11.7. The lowest BCUT2D eigenvalue weighted by atomic mass is 9.49. The minimum atomic E-state index is -0.164. The molecular formula is C22H38O3. The molecule has 0 saturated heterocycles. The molecule has 0 spiro atoms. The van der Waals surface area contributed by atoms with Gasteiger partial charge in [0.15, 0.2) is 6.29 Å². The normalized spacial score (nSPS) is 38.0. The molecule has 3 nitrogen and oxygen atoms in total. The third kappa shape index (κ3) is 4.03. The molecule has 0 aromatic heterocycles. The smallest absolute Gasteiger partial charge is 0.157 e. The zero-order valence-corrected chi connectivity index (χ0v) is 17.2. The van der Waals surface area contributed by atoms with E-state index in [4.69, 9.17) is 9.47 Å². The standard InChI is InChI=1S/C22H38O3/c1-15(2)17-10-13-22(5)18(17)11-12-21(4,14-20(24-6)25-7)19(22)9-8-16(3)23/h17-20H,1,8-14H2,2-7H3/t17-,18+,19+,21+,22+/m0/s1. The Labute approximate surface area is 154 Å². The van der Waals surface area contributed by atoms with Crippen LogP contribution < -0.4 is 0 Å². The molecular weight excluding hydrogens is 312 g/mol. The third-order valence-electron chi connectivity index (χ3n) is 7.57. The number of Topliss-reactive ketones (excluding diaryl/α,β-unsaturated/α-hetero) is 1. The van der Waals surface area contributed by atoms with Crippen LogP contribution >= 0.6 is 0 Å². The van der Waals surface area contributed by atoms with Gasteiger partial charge >= 0.3 is 0 Å². The van der Waals surface area contributed by atoms with E-state index >= 15 is 0 Å². The zero-order chi connectivity index (χ0) is 18.8. The number of allylic oxidation sites excluding steroid dienone is 1. The van der Waals surface area contributed by atoms with Crippen LogP contribution in [0.2, 0.25) is 0 Å². The van der Waals surface area contributed by atoms with Crippen LogP contribution in [0.15, 0.2) is 12.2 Å². The summed E-state index contributed by atoms with van der Waals surface area (Å²) in [5, 5.41) is 0. The Morgan fingerprint density at radius 2 is 1.80 bits per heavy atom. The molecule has 5 atom stereocenters. The number of ketones is 1. The summed E-state index contributed by atoms with van der Waals surface area (Å²) >= 11 is 0. The fourth-order valence-corrected chi connectivity index (χ4v) is 6.24. The first-order valence-electron chi connectivity index (χ1n) is 9.88. The first kappa shape index (κ1) is 20.6. The Kier molecular flexibility index (Phi) is 6.54. The molecule has 0 aromatic rings. The lowest BCUT2D eigenvalue weighted by Crippen LogP contribution is -2.49.